The summed E-state index contributed by atoms with van der Waals surface area (Å²) in [5, 5.41) is 0.975. The van der Waals surface area contributed by atoms with Crippen LogP contribution in [0.5, 0.6) is 0 Å². The Morgan fingerprint density at radius 3 is 2.68 bits per heavy atom. The highest BCUT2D eigenvalue weighted by Gasteiger charge is 2.33. The lowest BCUT2D eigenvalue weighted by Crippen LogP contribution is -2.40. The first-order valence-corrected chi connectivity index (χ1v) is 12.1. The first kappa shape index (κ1) is 20.4. The van der Waals surface area contributed by atoms with Crippen molar-refractivity contribution in [2.24, 2.45) is 0 Å². The van der Waals surface area contributed by atoms with Crippen molar-refractivity contribution in [1.29, 1.82) is 0 Å². The summed E-state index contributed by atoms with van der Waals surface area (Å²) in [6.07, 6.45) is 3.67. The van der Waals surface area contributed by atoms with Crippen LogP contribution in [0.15, 0.2) is 52.0 Å². The number of aromatic nitrogens is 1. The fraction of sp³-hybridized carbons (Fsp3) is 0.227. The second kappa shape index (κ2) is 7.59. The number of hydrogen-bond donors (Lipinski definition) is 1. The maximum Gasteiger partial charge on any atom is 0.258 e. The molecule has 1 N–H and O–H groups in total. The van der Waals surface area contributed by atoms with Crippen LogP contribution in [0, 0.1) is 0 Å². The number of morpholine rings is 1. The van der Waals surface area contributed by atoms with Crippen LogP contribution in [0.2, 0.25) is 0 Å². The van der Waals surface area contributed by atoms with Crippen LogP contribution in [-0.4, -0.2) is 57.0 Å². The van der Waals surface area contributed by atoms with E-state index in [1.54, 1.807) is 30.1 Å². The summed E-state index contributed by atoms with van der Waals surface area (Å²) in [5.41, 5.74) is 3.60. The third-order valence-electron chi connectivity index (χ3n) is 5.74. The zero-order chi connectivity index (χ0) is 21.8. The quantitative estimate of drug-likeness (QED) is 0.557. The molecule has 0 radical (unpaired) electrons. The second-order valence-electron chi connectivity index (χ2n) is 7.55. The van der Waals surface area contributed by atoms with E-state index >= 15 is 0 Å². The maximum atomic E-state index is 13.1. The van der Waals surface area contributed by atoms with Gasteiger partial charge in [0.05, 0.1) is 23.8 Å². The number of anilines is 1. The molecule has 0 unspecified atom stereocenters. The normalized spacial score (nSPS) is 18.8. The molecular formula is C22H20BrN3O4S. The largest absolute Gasteiger partial charge is 0.379 e. The van der Waals surface area contributed by atoms with Gasteiger partial charge in [0.1, 0.15) is 0 Å². The van der Waals surface area contributed by atoms with E-state index in [4.69, 9.17) is 4.74 Å². The van der Waals surface area contributed by atoms with Gasteiger partial charge in [0, 0.05) is 58.4 Å². The summed E-state index contributed by atoms with van der Waals surface area (Å²) in [5.74, 6) is -0.166. The smallest absolute Gasteiger partial charge is 0.258 e. The number of H-pyrrole nitrogens is 1. The van der Waals surface area contributed by atoms with E-state index in [2.05, 4.69) is 20.9 Å². The number of carbonyl (C=O) groups excluding carboxylic acids is 1. The number of nitrogens with zero attached hydrogens (tertiary/aromatic N) is 2. The van der Waals surface area contributed by atoms with Gasteiger partial charge in [0.2, 0.25) is 10.0 Å². The molecule has 1 amide bonds. The molecule has 2 aliphatic heterocycles. The fourth-order valence-corrected chi connectivity index (χ4v) is 5.85. The highest BCUT2D eigenvalue weighted by atomic mass is 79.9. The van der Waals surface area contributed by atoms with Gasteiger partial charge in [0.15, 0.2) is 0 Å². The third kappa shape index (κ3) is 3.41. The van der Waals surface area contributed by atoms with Crippen LogP contribution >= 0.6 is 15.9 Å². The molecule has 0 saturated carbocycles. The monoisotopic (exact) mass is 501 g/mol. The van der Waals surface area contributed by atoms with Crippen LogP contribution in [0.1, 0.15) is 11.1 Å². The Bertz CT molecular complexity index is 1340. The predicted molar refractivity (Wildman–Crippen MR) is 123 cm³/mol. The molecule has 1 fully saturated rings. The van der Waals surface area contributed by atoms with Gasteiger partial charge in [-0.3, -0.25) is 4.79 Å². The molecule has 0 bridgehead atoms. The van der Waals surface area contributed by atoms with Crippen molar-refractivity contribution in [2.45, 2.75) is 4.90 Å². The van der Waals surface area contributed by atoms with Gasteiger partial charge in [-0.2, -0.15) is 4.31 Å². The van der Waals surface area contributed by atoms with E-state index in [1.807, 2.05) is 30.5 Å². The molecule has 3 aromatic rings. The fourth-order valence-electron chi connectivity index (χ4n) is 4.05. The molecule has 0 aliphatic carbocycles. The van der Waals surface area contributed by atoms with Gasteiger partial charge in [-0.25, -0.2) is 8.42 Å². The van der Waals surface area contributed by atoms with Crippen molar-refractivity contribution in [1.82, 2.24) is 9.29 Å². The molecule has 31 heavy (non-hydrogen) atoms. The number of benzene rings is 2. The Hall–Kier alpha value is -2.46. The van der Waals surface area contributed by atoms with Crippen molar-refractivity contribution in [3.8, 4) is 0 Å². The Labute approximate surface area is 188 Å². The molecule has 2 aromatic carbocycles. The summed E-state index contributed by atoms with van der Waals surface area (Å²) in [7, 11) is -1.96. The first-order valence-electron chi connectivity index (χ1n) is 9.85. The van der Waals surface area contributed by atoms with Crippen LogP contribution in [0.25, 0.3) is 22.6 Å². The minimum atomic E-state index is -3.66. The highest BCUT2D eigenvalue weighted by Crippen LogP contribution is 2.39. The van der Waals surface area contributed by atoms with Crippen molar-refractivity contribution in [2.75, 3.05) is 38.3 Å². The summed E-state index contributed by atoms with van der Waals surface area (Å²) in [6, 6.07) is 10.8. The number of ether oxygens (including phenoxy) is 1. The summed E-state index contributed by atoms with van der Waals surface area (Å²) in [4.78, 5) is 18.0. The zero-order valence-electron chi connectivity index (χ0n) is 16.8. The lowest BCUT2D eigenvalue weighted by molar-refractivity contribution is -0.112. The second-order valence-corrected chi connectivity index (χ2v) is 10.4. The van der Waals surface area contributed by atoms with Crippen LogP contribution < -0.4 is 4.90 Å². The number of carbonyl (C=O) groups is 1. The predicted octanol–water partition coefficient (Wildman–Crippen LogP) is 3.47. The Morgan fingerprint density at radius 2 is 1.90 bits per heavy atom. The first-order chi connectivity index (χ1) is 14.9. The van der Waals surface area contributed by atoms with Gasteiger partial charge in [-0.05, 0) is 42.5 Å². The number of halogens is 1. The third-order valence-corrected chi connectivity index (χ3v) is 8.13. The van der Waals surface area contributed by atoms with Crippen LogP contribution in [0.3, 0.4) is 0 Å². The number of likely N-dealkylation sites (N-methyl/N-ethyl adjacent to an activating group) is 1. The molecule has 7 nitrogen and oxygen atoms in total. The molecule has 0 atom stereocenters. The molecule has 5 rings (SSSR count). The van der Waals surface area contributed by atoms with Crippen molar-refractivity contribution in [3.05, 3.63) is 58.2 Å². The minimum Gasteiger partial charge on any atom is -0.379 e. The van der Waals surface area contributed by atoms with E-state index < -0.39 is 10.0 Å². The lowest BCUT2D eigenvalue weighted by Gasteiger charge is -2.26. The number of amides is 1. The Kier molecular flexibility index (Phi) is 5.01. The number of hydrogen-bond acceptors (Lipinski definition) is 4. The number of fused-ring (bicyclic) bond motifs is 2. The van der Waals surface area contributed by atoms with Gasteiger partial charge in [-0.1, -0.05) is 15.9 Å². The van der Waals surface area contributed by atoms with E-state index in [0.29, 0.717) is 43.1 Å². The number of rotatable bonds is 3. The number of sulfonamides is 1. The molecule has 1 aromatic heterocycles. The van der Waals surface area contributed by atoms with Gasteiger partial charge < -0.3 is 14.6 Å². The van der Waals surface area contributed by atoms with Gasteiger partial charge >= 0.3 is 0 Å². The SMILES string of the molecule is CN1C(=O)C(=Cc2c[nH]c3ccc(Br)cc23)c2cc(S(=O)(=O)N3CCOCC3)ccc21. The van der Waals surface area contributed by atoms with E-state index in [-0.39, 0.29) is 10.8 Å². The molecule has 3 heterocycles. The molecule has 9 heteroatoms. The van der Waals surface area contributed by atoms with E-state index in [1.165, 1.54) is 4.31 Å². The summed E-state index contributed by atoms with van der Waals surface area (Å²) in [6.45, 7) is 1.41. The maximum absolute atomic E-state index is 13.1. The summed E-state index contributed by atoms with van der Waals surface area (Å²) >= 11 is 3.49. The van der Waals surface area contributed by atoms with Gasteiger partial charge in [0.25, 0.3) is 5.91 Å². The topological polar surface area (TPSA) is 82.7 Å². The zero-order valence-corrected chi connectivity index (χ0v) is 19.2. The van der Waals surface area contributed by atoms with E-state index in [0.717, 1.165) is 20.9 Å². The van der Waals surface area contributed by atoms with Crippen LogP contribution in [-0.2, 0) is 19.6 Å². The molecule has 1 saturated heterocycles. The summed E-state index contributed by atoms with van der Waals surface area (Å²) < 4.78 is 33.9. The van der Waals surface area contributed by atoms with Crippen LogP contribution in [0.4, 0.5) is 5.69 Å². The standard InChI is InChI=1S/C22H20BrN3O4S/c1-25-21-5-3-16(31(28,29)26-6-8-30-9-7-26)12-18(21)19(22(25)27)10-14-13-24-20-4-2-15(23)11-17(14)20/h2-5,10-13,24H,6-9H2,1H3. The lowest BCUT2D eigenvalue weighted by atomic mass is 10.0. The minimum absolute atomic E-state index is 0.166. The highest BCUT2D eigenvalue weighted by molar-refractivity contribution is 9.10. The molecule has 0 spiro atoms. The number of aromatic amines is 1. The number of nitrogens with one attached hydrogen (secondary N) is 1. The average Bonchev–Trinajstić information content (AvgIpc) is 3.28. The Balaban J connectivity index is 1.62. The molecular weight excluding hydrogens is 482 g/mol. The Morgan fingerprint density at radius 1 is 1.13 bits per heavy atom. The molecule has 2 aliphatic rings. The average molecular weight is 502 g/mol. The van der Waals surface area contributed by atoms with Crippen molar-refractivity contribution < 1.29 is 17.9 Å². The van der Waals surface area contributed by atoms with Crippen molar-refractivity contribution in [3.63, 3.8) is 0 Å². The molecule has 160 valence electrons. The van der Waals surface area contributed by atoms with Gasteiger partial charge in [-0.15, -0.1) is 0 Å². The van der Waals surface area contributed by atoms with Crippen molar-refractivity contribution >= 4 is 60.1 Å². The van der Waals surface area contributed by atoms with E-state index in [9.17, 15) is 13.2 Å².